The molecule has 0 saturated carbocycles. The number of para-hydroxylation sites is 2. The van der Waals surface area contributed by atoms with Crippen molar-refractivity contribution in [2.45, 2.75) is 0 Å². The summed E-state index contributed by atoms with van der Waals surface area (Å²) in [7, 11) is 0. The summed E-state index contributed by atoms with van der Waals surface area (Å²) in [5, 5.41) is 4.93. The second kappa shape index (κ2) is 16.8. The molecule has 2 heteroatoms. The second-order valence-corrected chi connectivity index (χ2v) is 16.9. The molecule has 0 N–H and O–H groups in total. The van der Waals surface area contributed by atoms with Gasteiger partial charge in [-0.3, -0.25) is 0 Å². The van der Waals surface area contributed by atoms with Gasteiger partial charge < -0.3 is 9.47 Å². The van der Waals surface area contributed by atoms with Gasteiger partial charge in [0.2, 0.25) is 0 Å². The van der Waals surface area contributed by atoms with Gasteiger partial charge in [0.25, 0.3) is 0 Å². The highest BCUT2D eigenvalue weighted by Crippen LogP contribution is 2.45. The third-order valence-electron chi connectivity index (χ3n) is 12.9. The van der Waals surface area contributed by atoms with E-state index in [1.165, 1.54) is 77.1 Å². The average molecular weight is 841 g/mol. The van der Waals surface area contributed by atoms with E-state index in [9.17, 15) is 0 Å². The van der Waals surface area contributed by atoms with Gasteiger partial charge in [-0.05, 0) is 140 Å². The minimum atomic E-state index is 1.08. The second-order valence-electron chi connectivity index (χ2n) is 16.9. The molecule has 2 nitrogen and oxygen atoms in total. The van der Waals surface area contributed by atoms with E-state index in [4.69, 9.17) is 0 Å². The zero-order valence-electron chi connectivity index (χ0n) is 36.3. The summed E-state index contributed by atoms with van der Waals surface area (Å²) in [5.41, 5.74) is 18.6. The number of anilines is 3. The van der Waals surface area contributed by atoms with Crippen LogP contribution < -0.4 is 4.90 Å². The van der Waals surface area contributed by atoms with Gasteiger partial charge in [0.05, 0.1) is 11.0 Å². The highest BCUT2D eigenvalue weighted by Gasteiger charge is 2.21. The fourth-order valence-electron chi connectivity index (χ4n) is 9.81. The molecule has 0 saturated heterocycles. The Labute approximate surface area is 385 Å². The van der Waals surface area contributed by atoms with E-state index in [1.54, 1.807) is 0 Å². The monoisotopic (exact) mass is 840 g/mol. The van der Waals surface area contributed by atoms with Gasteiger partial charge in [-0.15, -0.1) is 0 Å². The molecule has 11 aromatic carbocycles. The molecule has 66 heavy (non-hydrogen) atoms. The Balaban J connectivity index is 1.03. The molecule has 0 aliphatic heterocycles. The zero-order chi connectivity index (χ0) is 43.8. The van der Waals surface area contributed by atoms with Crippen molar-refractivity contribution in [2.24, 2.45) is 0 Å². The molecule has 0 fully saturated rings. The van der Waals surface area contributed by atoms with Crippen molar-refractivity contribution < 1.29 is 0 Å². The van der Waals surface area contributed by atoms with E-state index in [0.29, 0.717) is 0 Å². The van der Waals surface area contributed by atoms with Crippen LogP contribution in [0.5, 0.6) is 0 Å². The number of hydrogen-bond donors (Lipinski definition) is 0. The minimum Gasteiger partial charge on any atom is -0.310 e. The number of nitrogens with zero attached hydrogens (tertiary/aromatic N) is 2. The van der Waals surface area contributed by atoms with E-state index in [2.05, 4.69) is 276 Å². The van der Waals surface area contributed by atoms with Crippen molar-refractivity contribution in [3.05, 3.63) is 267 Å². The first-order valence-electron chi connectivity index (χ1n) is 22.7. The lowest BCUT2D eigenvalue weighted by Gasteiger charge is -2.27. The van der Waals surface area contributed by atoms with E-state index >= 15 is 0 Å². The van der Waals surface area contributed by atoms with Gasteiger partial charge in [0.15, 0.2) is 0 Å². The molecular formula is C64H44N2. The maximum atomic E-state index is 2.45. The Morgan fingerprint density at radius 1 is 0.273 bits per heavy atom. The van der Waals surface area contributed by atoms with Crippen LogP contribution in [0, 0.1) is 0 Å². The number of aromatic nitrogens is 1. The van der Waals surface area contributed by atoms with Crippen LogP contribution in [0.2, 0.25) is 0 Å². The minimum absolute atomic E-state index is 1.08. The van der Waals surface area contributed by atoms with Crippen molar-refractivity contribution >= 4 is 49.6 Å². The fourth-order valence-corrected chi connectivity index (χ4v) is 9.81. The van der Waals surface area contributed by atoms with Crippen LogP contribution >= 0.6 is 0 Å². The Morgan fingerprint density at radius 3 is 1.33 bits per heavy atom. The van der Waals surface area contributed by atoms with Crippen LogP contribution in [0.4, 0.5) is 17.1 Å². The van der Waals surface area contributed by atoms with Gasteiger partial charge in [0, 0.05) is 38.9 Å². The molecule has 0 spiro atoms. The molecule has 12 rings (SSSR count). The molecule has 1 aromatic heterocycles. The summed E-state index contributed by atoms with van der Waals surface area (Å²) >= 11 is 0. The molecule has 12 aromatic rings. The molecule has 0 unspecified atom stereocenters. The smallest absolute Gasteiger partial charge is 0.0625 e. The van der Waals surface area contributed by atoms with E-state index in [-0.39, 0.29) is 0 Å². The van der Waals surface area contributed by atoms with Crippen LogP contribution in [0.3, 0.4) is 0 Å². The summed E-state index contributed by atoms with van der Waals surface area (Å²) in [5.74, 6) is 0. The number of benzene rings is 11. The Kier molecular flexibility index (Phi) is 9.89. The zero-order valence-corrected chi connectivity index (χ0v) is 36.3. The van der Waals surface area contributed by atoms with E-state index in [0.717, 1.165) is 33.9 Å². The summed E-state index contributed by atoms with van der Waals surface area (Å²) < 4.78 is 2.45. The van der Waals surface area contributed by atoms with Crippen molar-refractivity contribution in [1.82, 2.24) is 4.57 Å². The highest BCUT2D eigenvalue weighted by molar-refractivity contribution is 6.24. The third kappa shape index (κ3) is 7.12. The molecule has 0 amide bonds. The standard InChI is InChI=1S/C64H44N2/c1-5-19-45(20-6-1)49-26-17-30-57(42-49)65(56-37-35-48(36-38-56)54-40-52(46-21-7-2-8-22-46)39-53(41-54)47-23-9-3-10-24-47)58-31-18-27-50(43-58)61-44-51-25-13-14-32-59(51)64-63(61)60-33-15-16-34-62(60)66(64)55-28-11-4-12-29-55/h1-44H. The van der Waals surface area contributed by atoms with Crippen molar-refractivity contribution in [3.63, 3.8) is 0 Å². The van der Waals surface area contributed by atoms with Gasteiger partial charge in [0.1, 0.15) is 0 Å². The maximum absolute atomic E-state index is 2.45. The van der Waals surface area contributed by atoms with E-state index < -0.39 is 0 Å². The summed E-state index contributed by atoms with van der Waals surface area (Å²) in [4.78, 5) is 2.40. The molecule has 310 valence electrons. The normalized spacial score (nSPS) is 11.3. The molecule has 0 radical (unpaired) electrons. The number of fused-ring (bicyclic) bond motifs is 5. The fraction of sp³-hybridized carbons (Fsp3) is 0. The van der Waals surface area contributed by atoms with Gasteiger partial charge >= 0.3 is 0 Å². The van der Waals surface area contributed by atoms with E-state index in [1.807, 2.05) is 0 Å². The van der Waals surface area contributed by atoms with Crippen molar-refractivity contribution in [1.29, 1.82) is 0 Å². The first-order valence-corrected chi connectivity index (χ1v) is 22.7. The molecule has 0 atom stereocenters. The Bertz CT molecular complexity index is 3610. The lowest BCUT2D eigenvalue weighted by atomic mass is 9.93. The predicted octanol–water partition coefficient (Wildman–Crippen LogP) is 17.7. The average Bonchev–Trinajstić information content (AvgIpc) is 3.75. The van der Waals surface area contributed by atoms with Gasteiger partial charge in [-0.2, -0.15) is 0 Å². The Hall–Kier alpha value is -8.72. The quantitative estimate of drug-likeness (QED) is 0.141. The third-order valence-corrected chi connectivity index (χ3v) is 12.9. The van der Waals surface area contributed by atoms with Crippen LogP contribution in [0.15, 0.2) is 267 Å². The predicted molar refractivity (Wildman–Crippen MR) is 280 cm³/mol. The topological polar surface area (TPSA) is 8.17 Å². The summed E-state index contributed by atoms with van der Waals surface area (Å²) in [6, 6.07) is 96.9. The Morgan fingerprint density at radius 2 is 0.727 bits per heavy atom. The highest BCUT2D eigenvalue weighted by atomic mass is 15.1. The lowest BCUT2D eigenvalue weighted by molar-refractivity contribution is 1.19. The van der Waals surface area contributed by atoms with Crippen LogP contribution in [-0.2, 0) is 0 Å². The van der Waals surface area contributed by atoms with Crippen LogP contribution in [0.1, 0.15) is 0 Å². The molecule has 1 heterocycles. The number of hydrogen-bond acceptors (Lipinski definition) is 1. The van der Waals surface area contributed by atoms with Crippen LogP contribution in [-0.4, -0.2) is 4.57 Å². The van der Waals surface area contributed by atoms with Gasteiger partial charge in [-0.1, -0.05) is 188 Å². The summed E-state index contributed by atoms with van der Waals surface area (Å²) in [6.07, 6.45) is 0. The molecule has 0 bridgehead atoms. The molecule has 0 aliphatic carbocycles. The lowest BCUT2D eigenvalue weighted by Crippen LogP contribution is -2.10. The van der Waals surface area contributed by atoms with Crippen LogP contribution in [0.25, 0.3) is 93.9 Å². The van der Waals surface area contributed by atoms with Crippen molar-refractivity contribution in [3.8, 4) is 61.3 Å². The SMILES string of the molecule is c1ccc(-c2cc(-c3ccccc3)cc(-c3ccc(N(c4cccc(-c5ccccc5)c4)c4cccc(-c5cc6ccccc6c6c5c5ccccc5n6-c5ccccc5)c4)cc3)c2)cc1. The first kappa shape index (κ1) is 38.9. The molecular weight excluding hydrogens is 797 g/mol. The molecule has 0 aliphatic rings. The van der Waals surface area contributed by atoms with Crippen molar-refractivity contribution in [2.75, 3.05) is 4.90 Å². The first-order chi connectivity index (χ1) is 32.7. The summed E-state index contributed by atoms with van der Waals surface area (Å²) in [6.45, 7) is 0. The maximum Gasteiger partial charge on any atom is 0.0625 e. The van der Waals surface area contributed by atoms with Gasteiger partial charge in [-0.25, -0.2) is 0 Å². The number of rotatable bonds is 9. The largest absolute Gasteiger partial charge is 0.310 e.